The summed E-state index contributed by atoms with van der Waals surface area (Å²) >= 11 is 0. The van der Waals surface area contributed by atoms with Crippen LogP contribution < -0.4 is 0 Å². The summed E-state index contributed by atoms with van der Waals surface area (Å²) in [6.07, 6.45) is -1.47. The van der Waals surface area contributed by atoms with E-state index >= 15 is 0 Å². The van der Waals surface area contributed by atoms with Gasteiger partial charge in [-0.05, 0) is 25.1 Å². The van der Waals surface area contributed by atoms with Gasteiger partial charge in [0.15, 0.2) is 0 Å². The lowest BCUT2D eigenvalue weighted by molar-refractivity contribution is -0.137. The Hall–Kier alpha value is -2.29. The lowest BCUT2D eigenvalue weighted by atomic mass is 10.1. The number of hydrogen-bond acceptors (Lipinski definition) is 2. The quantitative estimate of drug-likeness (QED) is 0.789. The fourth-order valence-electron chi connectivity index (χ4n) is 1.55. The van der Waals surface area contributed by atoms with Gasteiger partial charge in [0.1, 0.15) is 0 Å². The molecule has 2 rings (SSSR count). The Labute approximate surface area is 115 Å². The van der Waals surface area contributed by atoms with Crippen LogP contribution in [-0.2, 0) is 6.18 Å². The summed E-state index contributed by atoms with van der Waals surface area (Å²) in [5.74, 6) is 0. The van der Waals surface area contributed by atoms with Crippen molar-refractivity contribution >= 4 is 0 Å². The van der Waals surface area contributed by atoms with E-state index in [2.05, 4.69) is 4.98 Å². The van der Waals surface area contributed by atoms with Crippen molar-refractivity contribution in [1.29, 1.82) is 5.26 Å². The van der Waals surface area contributed by atoms with Crippen molar-refractivity contribution in [2.24, 2.45) is 0 Å². The van der Waals surface area contributed by atoms with Crippen LogP contribution in [0.25, 0.3) is 5.69 Å². The highest BCUT2D eigenvalue weighted by atomic mass is 19.4. The molecular formula is C14H14F3N3. The average molecular weight is 281 g/mol. The van der Waals surface area contributed by atoms with Crippen molar-refractivity contribution in [1.82, 2.24) is 9.55 Å². The van der Waals surface area contributed by atoms with Gasteiger partial charge in [0.2, 0.25) is 0 Å². The number of nitrogens with zero attached hydrogens (tertiary/aromatic N) is 3. The van der Waals surface area contributed by atoms with Gasteiger partial charge in [-0.2, -0.15) is 18.4 Å². The lowest BCUT2D eigenvalue weighted by Crippen LogP contribution is -2.06. The summed E-state index contributed by atoms with van der Waals surface area (Å²) in [6, 6.07) is 4.92. The van der Waals surface area contributed by atoms with E-state index in [0.717, 1.165) is 12.1 Å². The number of hydrogen-bond donors (Lipinski definition) is 0. The third kappa shape index (κ3) is 3.60. The summed E-state index contributed by atoms with van der Waals surface area (Å²) < 4.78 is 39.5. The molecule has 2 aromatic rings. The van der Waals surface area contributed by atoms with Crippen LogP contribution in [0.4, 0.5) is 13.2 Å². The Balaban J connectivity index is 0.000000956. The van der Waals surface area contributed by atoms with Crippen molar-refractivity contribution in [3.63, 3.8) is 0 Å². The second-order valence-corrected chi connectivity index (χ2v) is 3.80. The minimum Gasteiger partial charge on any atom is -0.306 e. The first-order valence-electron chi connectivity index (χ1n) is 6.03. The van der Waals surface area contributed by atoms with Gasteiger partial charge in [-0.25, -0.2) is 4.98 Å². The molecule has 20 heavy (non-hydrogen) atoms. The Morgan fingerprint density at radius 3 is 2.30 bits per heavy atom. The topological polar surface area (TPSA) is 41.6 Å². The molecule has 0 fully saturated rings. The summed E-state index contributed by atoms with van der Waals surface area (Å²) in [4.78, 5) is 3.94. The second-order valence-electron chi connectivity index (χ2n) is 3.80. The van der Waals surface area contributed by atoms with E-state index in [1.165, 1.54) is 17.0 Å². The molecule has 0 saturated heterocycles. The van der Waals surface area contributed by atoms with Gasteiger partial charge in [0.25, 0.3) is 0 Å². The van der Waals surface area contributed by atoms with Gasteiger partial charge in [0, 0.05) is 11.9 Å². The zero-order valence-corrected chi connectivity index (χ0v) is 11.4. The molecular weight excluding hydrogens is 267 g/mol. The fraction of sp³-hybridized carbons (Fsp3) is 0.286. The summed E-state index contributed by atoms with van der Waals surface area (Å²) in [7, 11) is 0. The number of alkyl halides is 3. The van der Waals surface area contributed by atoms with Crippen LogP contribution in [0.1, 0.15) is 30.7 Å². The maximum absolute atomic E-state index is 12.7. The molecule has 0 unspecified atom stereocenters. The molecule has 0 N–H and O–H groups in total. The molecule has 6 heteroatoms. The molecule has 0 spiro atoms. The number of aromatic nitrogens is 2. The Morgan fingerprint density at radius 1 is 1.20 bits per heavy atom. The molecule has 0 aliphatic heterocycles. The first kappa shape index (κ1) is 15.8. The normalized spacial score (nSPS) is 10.4. The molecule has 0 radical (unpaired) electrons. The number of imidazole rings is 1. The molecule has 1 heterocycles. The van der Waals surface area contributed by atoms with Crippen LogP contribution in [0.2, 0.25) is 0 Å². The maximum Gasteiger partial charge on any atom is 0.416 e. The lowest BCUT2D eigenvalue weighted by Gasteiger charge is -2.10. The van der Waals surface area contributed by atoms with E-state index in [4.69, 9.17) is 5.26 Å². The monoisotopic (exact) mass is 281 g/mol. The average Bonchev–Trinajstić information content (AvgIpc) is 2.86. The van der Waals surface area contributed by atoms with Crippen LogP contribution >= 0.6 is 0 Å². The van der Waals surface area contributed by atoms with Crippen LogP contribution in [0.5, 0.6) is 0 Å². The number of rotatable bonds is 1. The van der Waals surface area contributed by atoms with Crippen LogP contribution in [0, 0.1) is 18.3 Å². The number of aryl methyl sites for hydroxylation is 1. The first-order valence-corrected chi connectivity index (χ1v) is 6.03. The molecule has 0 aliphatic carbocycles. The molecule has 0 bridgehead atoms. The molecule has 1 aromatic heterocycles. The van der Waals surface area contributed by atoms with E-state index in [-0.39, 0.29) is 11.3 Å². The van der Waals surface area contributed by atoms with Crippen molar-refractivity contribution < 1.29 is 13.2 Å². The zero-order valence-electron chi connectivity index (χ0n) is 11.4. The molecule has 0 aliphatic rings. The standard InChI is InChI=1S/C12H8F3N3.C2H6/c1-8-6-18(7-17-8)11-3-9(5-16)2-10(4-11)12(13,14)15;1-2/h2-4,6-7H,1H3;1-2H3. The smallest absolute Gasteiger partial charge is 0.306 e. The molecule has 0 saturated carbocycles. The van der Waals surface area contributed by atoms with Gasteiger partial charge in [0.05, 0.1) is 29.2 Å². The van der Waals surface area contributed by atoms with Crippen LogP contribution in [0.3, 0.4) is 0 Å². The molecule has 0 atom stereocenters. The van der Waals surface area contributed by atoms with Crippen molar-refractivity contribution in [3.8, 4) is 11.8 Å². The molecule has 1 aromatic carbocycles. The Kier molecular flexibility index (Phi) is 4.92. The SMILES string of the molecule is CC.Cc1cn(-c2cc(C#N)cc(C(F)(F)F)c2)cn1. The third-order valence-electron chi connectivity index (χ3n) is 2.38. The van der Waals surface area contributed by atoms with Crippen molar-refractivity contribution in [2.45, 2.75) is 26.9 Å². The number of nitriles is 1. The molecule has 0 amide bonds. The summed E-state index contributed by atoms with van der Waals surface area (Å²) in [6.45, 7) is 5.73. The minimum absolute atomic E-state index is 0.0359. The third-order valence-corrected chi connectivity index (χ3v) is 2.38. The largest absolute Gasteiger partial charge is 0.416 e. The van der Waals surface area contributed by atoms with E-state index in [9.17, 15) is 13.2 Å². The van der Waals surface area contributed by atoms with E-state index in [0.29, 0.717) is 5.69 Å². The summed E-state index contributed by atoms with van der Waals surface area (Å²) in [5.41, 5.74) is 0.0713. The van der Waals surface area contributed by atoms with E-state index < -0.39 is 11.7 Å². The predicted octanol–water partition coefficient (Wildman–Crippen LogP) is 4.10. The summed E-state index contributed by atoms with van der Waals surface area (Å²) in [5, 5.41) is 8.76. The van der Waals surface area contributed by atoms with E-state index in [1.807, 2.05) is 13.8 Å². The maximum atomic E-state index is 12.7. The fourth-order valence-corrected chi connectivity index (χ4v) is 1.55. The highest BCUT2D eigenvalue weighted by molar-refractivity contribution is 5.46. The Bertz CT molecular complexity index is 621. The molecule has 3 nitrogen and oxygen atoms in total. The Morgan fingerprint density at radius 2 is 1.85 bits per heavy atom. The zero-order chi connectivity index (χ0) is 15.3. The predicted molar refractivity (Wildman–Crippen MR) is 69.4 cm³/mol. The highest BCUT2D eigenvalue weighted by Gasteiger charge is 2.31. The van der Waals surface area contributed by atoms with Crippen LogP contribution in [-0.4, -0.2) is 9.55 Å². The number of halogens is 3. The second kappa shape index (κ2) is 6.24. The minimum atomic E-state index is -4.47. The van der Waals surface area contributed by atoms with E-state index in [1.54, 1.807) is 19.2 Å². The van der Waals surface area contributed by atoms with Crippen LogP contribution in [0.15, 0.2) is 30.7 Å². The van der Waals surface area contributed by atoms with Crippen molar-refractivity contribution in [3.05, 3.63) is 47.5 Å². The van der Waals surface area contributed by atoms with Gasteiger partial charge in [-0.15, -0.1) is 0 Å². The highest BCUT2D eigenvalue weighted by Crippen LogP contribution is 2.31. The van der Waals surface area contributed by atoms with Gasteiger partial charge in [-0.3, -0.25) is 0 Å². The van der Waals surface area contributed by atoms with Gasteiger partial charge < -0.3 is 4.57 Å². The first-order chi connectivity index (χ1) is 9.40. The van der Waals surface area contributed by atoms with Gasteiger partial charge >= 0.3 is 6.18 Å². The van der Waals surface area contributed by atoms with Crippen molar-refractivity contribution in [2.75, 3.05) is 0 Å². The molecule has 106 valence electrons. The van der Waals surface area contributed by atoms with Gasteiger partial charge in [-0.1, -0.05) is 13.8 Å². The number of benzene rings is 1.